The lowest BCUT2D eigenvalue weighted by Gasteiger charge is -2.64. The van der Waals surface area contributed by atoms with Crippen LogP contribution in [0.3, 0.4) is 0 Å². The van der Waals surface area contributed by atoms with Gasteiger partial charge in [0, 0.05) is 43.1 Å². The van der Waals surface area contributed by atoms with Gasteiger partial charge in [0.1, 0.15) is 29.8 Å². The number of carbonyl (C=O) groups excluding carboxylic acids is 4. The summed E-state index contributed by atoms with van der Waals surface area (Å²) in [6, 6.07) is 5.35. The number of nitrogens with zero attached hydrogens (tertiary/aromatic N) is 3. The highest BCUT2D eigenvalue weighted by atomic mass is 19.1. The molecule has 11 atom stereocenters. The minimum absolute atomic E-state index is 0.00593. The first-order chi connectivity index (χ1) is 22.8. The summed E-state index contributed by atoms with van der Waals surface area (Å²) in [6.07, 6.45) is 6.34. The Labute approximate surface area is 281 Å². The second kappa shape index (κ2) is 13.0. The maximum Gasteiger partial charge on any atom is 0.305 e. The molecule has 0 bridgehead atoms. The highest BCUT2D eigenvalue weighted by Gasteiger charge is 2.70. The van der Waals surface area contributed by atoms with Crippen molar-refractivity contribution in [1.29, 1.82) is 0 Å². The van der Waals surface area contributed by atoms with Crippen molar-refractivity contribution in [2.75, 3.05) is 7.11 Å². The van der Waals surface area contributed by atoms with Gasteiger partial charge < -0.3 is 14.2 Å². The van der Waals surface area contributed by atoms with Gasteiger partial charge in [-0.2, -0.15) is 0 Å². The van der Waals surface area contributed by atoms with Gasteiger partial charge in [0.2, 0.25) is 0 Å². The largest absolute Gasteiger partial charge is 0.469 e. The van der Waals surface area contributed by atoms with Crippen molar-refractivity contribution in [2.45, 2.75) is 104 Å². The molecule has 1 aromatic carbocycles. The molecular weight excluding hydrogens is 617 g/mol. The lowest BCUT2D eigenvalue weighted by Crippen LogP contribution is -2.65. The summed E-state index contributed by atoms with van der Waals surface area (Å²) in [5.74, 6) is -1.46. The molecule has 2 aromatic rings. The van der Waals surface area contributed by atoms with Crippen LogP contribution in [0.15, 0.2) is 30.5 Å². The van der Waals surface area contributed by atoms with Crippen molar-refractivity contribution in [3.8, 4) is 11.3 Å². The summed E-state index contributed by atoms with van der Waals surface area (Å²) in [6.45, 7) is 9.33. The predicted molar refractivity (Wildman–Crippen MR) is 172 cm³/mol. The van der Waals surface area contributed by atoms with Crippen LogP contribution in [0.4, 0.5) is 4.39 Å². The molecule has 1 heterocycles. The molecule has 48 heavy (non-hydrogen) atoms. The fraction of sp³-hybridized carbons (Fsp3) is 0.676. The van der Waals surface area contributed by atoms with E-state index in [-0.39, 0.29) is 83.0 Å². The Morgan fingerprint density at radius 2 is 1.75 bits per heavy atom. The monoisotopic (exact) mass is 665 g/mol. The summed E-state index contributed by atoms with van der Waals surface area (Å²) in [4.78, 5) is 52.2. The van der Waals surface area contributed by atoms with Crippen LogP contribution in [0, 0.1) is 52.2 Å². The number of hydrogen-bond acceptors (Lipinski definition) is 9. The lowest BCUT2D eigenvalue weighted by molar-refractivity contribution is -0.207. The average Bonchev–Trinajstić information content (AvgIpc) is 3.66. The number of carbonyl (C=O) groups is 4. The normalized spacial score (nSPS) is 36.3. The molecule has 0 saturated heterocycles. The molecule has 0 aliphatic heterocycles. The molecule has 11 heteroatoms. The first-order valence-corrected chi connectivity index (χ1v) is 17.4. The van der Waals surface area contributed by atoms with E-state index in [1.165, 1.54) is 33.1 Å². The summed E-state index contributed by atoms with van der Waals surface area (Å²) in [5.41, 5.74) is 0.124. The van der Waals surface area contributed by atoms with Crippen molar-refractivity contribution < 1.29 is 37.8 Å². The van der Waals surface area contributed by atoms with Gasteiger partial charge in [0.25, 0.3) is 0 Å². The number of Topliss-reactive ketones (excluding diaryl/α,β-unsaturated/α-hetero) is 1. The van der Waals surface area contributed by atoms with Crippen LogP contribution in [0.25, 0.3) is 11.3 Å². The van der Waals surface area contributed by atoms with Gasteiger partial charge in [-0.15, -0.1) is 5.10 Å². The third-order valence-electron chi connectivity index (χ3n) is 12.8. The number of aromatic nitrogens is 3. The van der Waals surface area contributed by atoms with Crippen LogP contribution in [0.5, 0.6) is 0 Å². The molecule has 4 fully saturated rings. The molecular formula is C37H48FN3O7. The van der Waals surface area contributed by atoms with E-state index in [2.05, 4.69) is 31.1 Å². The molecule has 4 unspecified atom stereocenters. The van der Waals surface area contributed by atoms with Crippen molar-refractivity contribution in [3.05, 3.63) is 36.3 Å². The Hall–Kier alpha value is -3.63. The van der Waals surface area contributed by atoms with E-state index in [4.69, 9.17) is 14.2 Å². The fourth-order valence-electron chi connectivity index (χ4n) is 10.7. The van der Waals surface area contributed by atoms with E-state index >= 15 is 4.79 Å². The topological polar surface area (TPSA) is 127 Å². The molecule has 0 radical (unpaired) electrons. The van der Waals surface area contributed by atoms with Crippen LogP contribution in [0.1, 0.15) is 92.0 Å². The Bertz CT molecular complexity index is 1560. The van der Waals surface area contributed by atoms with Crippen LogP contribution in [-0.4, -0.2) is 58.0 Å². The zero-order valence-corrected chi connectivity index (χ0v) is 28.8. The maximum absolute atomic E-state index is 15.4. The summed E-state index contributed by atoms with van der Waals surface area (Å²) >= 11 is 0. The minimum Gasteiger partial charge on any atom is -0.469 e. The second-order valence-electron chi connectivity index (χ2n) is 15.3. The smallest absolute Gasteiger partial charge is 0.305 e. The van der Waals surface area contributed by atoms with Gasteiger partial charge in [-0.3, -0.25) is 19.2 Å². The maximum atomic E-state index is 15.4. The quantitative estimate of drug-likeness (QED) is 0.242. The number of methoxy groups -OCH3 is 1. The zero-order valence-electron chi connectivity index (χ0n) is 28.8. The molecule has 0 amide bonds. The van der Waals surface area contributed by atoms with Gasteiger partial charge in [-0.25, -0.2) is 9.07 Å². The molecule has 0 N–H and O–H groups in total. The second-order valence-corrected chi connectivity index (χ2v) is 15.3. The third kappa shape index (κ3) is 5.85. The molecule has 1 aromatic heterocycles. The highest BCUT2D eigenvalue weighted by molar-refractivity contribution is 5.91. The number of benzene rings is 1. The molecule has 10 nitrogen and oxygen atoms in total. The van der Waals surface area contributed by atoms with E-state index < -0.39 is 17.6 Å². The molecule has 4 aliphatic carbocycles. The van der Waals surface area contributed by atoms with Gasteiger partial charge in [-0.05, 0) is 98.3 Å². The van der Waals surface area contributed by atoms with E-state index in [0.29, 0.717) is 36.9 Å². The van der Waals surface area contributed by atoms with E-state index in [1.54, 1.807) is 23.0 Å². The number of hydrogen-bond donors (Lipinski definition) is 0. The molecule has 0 spiro atoms. The van der Waals surface area contributed by atoms with Crippen LogP contribution in [0.2, 0.25) is 0 Å². The Morgan fingerprint density at radius 3 is 2.42 bits per heavy atom. The molecule has 4 aliphatic rings. The number of ether oxygens (including phenoxy) is 3. The van der Waals surface area contributed by atoms with Gasteiger partial charge in [0.15, 0.2) is 5.78 Å². The van der Waals surface area contributed by atoms with E-state index in [0.717, 1.165) is 19.3 Å². The zero-order chi connectivity index (χ0) is 34.5. The van der Waals surface area contributed by atoms with Crippen molar-refractivity contribution in [2.24, 2.45) is 46.3 Å². The summed E-state index contributed by atoms with van der Waals surface area (Å²) in [5, 5.41) is 9.06. The standard InChI is InChI=1S/C37H48FN3O7/c1-20(7-14-31(44)46-6)27-12-13-28-32-30(48-22(3)43)18-24-17-26(47-21(2)42)15-16-36(24,4)33(32)34(35(45)37(27,28)5)41-19-29(39-40-41)23-8-10-25(38)11-9-23/h8-11,19-20,24,26-28,30,32-34H,7,12-18H2,1-6H3/t20-,24+,26-,27?,28?,30-,32?,33?,34+,36+,37-/m1/s1. The van der Waals surface area contributed by atoms with Gasteiger partial charge >= 0.3 is 17.9 Å². The van der Waals surface area contributed by atoms with E-state index in [9.17, 15) is 18.8 Å². The number of esters is 3. The molecule has 6 rings (SSSR count). The fourth-order valence-corrected chi connectivity index (χ4v) is 10.7. The third-order valence-corrected chi connectivity index (χ3v) is 12.8. The van der Waals surface area contributed by atoms with Crippen LogP contribution in [-0.2, 0) is 33.4 Å². The Morgan fingerprint density at radius 1 is 1.04 bits per heavy atom. The minimum atomic E-state index is -0.764. The highest BCUT2D eigenvalue weighted by Crippen LogP contribution is 2.70. The van der Waals surface area contributed by atoms with Crippen LogP contribution < -0.4 is 0 Å². The SMILES string of the molecule is COC(=O)CC[C@@H](C)C1CCC2C3C([C@H](n4cc(-c5ccc(F)cc5)nn4)C(=O)[C@@]21C)[C@@]1(C)CC[C@@H](OC(C)=O)C[C@H]1C[C@H]3OC(C)=O. The van der Waals surface area contributed by atoms with Gasteiger partial charge in [-0.1, -0.05) is 26.0 Å². The number of fused-ring (bicyclic) bond motifs is 5. The molecule has 260 valence electrons. The molecule has 4 saturated carbocycles. The average molecular weight is 666 g/mol. The van der Waals surface area contributed by atoms with Crippen molar-refractivity contribution >= 4 is 23.7 Å². The van der Waals surface area contributed by atoms with Crippen molar-refractivity contribution in [1.82, 2.24) is 15.0 Å². The number of rotatable bonds is 8. The van der Waals surface area contributed by atoms with Gasteiger partial charge in [0.05, 0.1) is 13.3 Å². The Kier molecular flexibility index (Phi) is 9.28. The number of ketones is 1. The lowest BCUT2D eigenvalue weighted by atomic mass is 9.42. The predicted octanol–water partition coefficient (Wildman–Crippen LogP) is 6.14. The first-order valence-electron chi connectivity index (χ1n) is 17.4. The van der Waals surface area contributed by atoms with Crippen LogP contribution >= 0.6 is 0 Å². The summed E-state index contributed by atoms with van der Waals surface area (Å²) in [7, 11) is 1.39. The van der Waals surface area contributed by atoms with Crippen molar-refractivity contribution in [3.63, 3.8) is 0 Å². The first kappa shape index (κ1) is 34.2. The summed E-state index contributed by atoms with van der Waals surface area (Å²) < 4.78 is 32.3. The number of halogens is 1. The van der Waals surface area contributed by atoms with E-state index in [1.807, 2.05) is 0 Å². The Balaban J connectivity index is 1.47.